The molecule has 0 radical (unpaired) electrons. The summed E-state index contributed by atoms with van der Waals surface area (Å²) in [6, 6.07) is 16.7. The second-order valence-electron chi connectivity index (χ2n) is 10.7. The van der Waals surface area contributed by atoms with Crippen molar-refractivity contribution in [3.63, 3.8) is 0 Å². The van der Waals surface area contributed by atoms with Gasteiger partial charge in [0.2, 0.25) is 5.91 Å². The van der Waals surface area contributed by atoms with Gasteiger partial charge in [0.15, 0.2) is 5.75 Å². The summed E-state index contributed by atoms with van der Waals surface area (Å²) >= 11 is 0. The molecule has 0 spiro atoms. The largest absolute Gasteiger partial charge is 1.00 e. The summed E-state index contributed by atoms with van der Waals surface area (Å²) < 4.78 is 73.1. The van der Waals surface area contributed by atoms with E-state index in [9.17, 15) is 40.6 Å². The number of azo groups is 1. The number of hydrogen-bond acceptors (Lipinski definition) is 11. The van der Waals surface area contributed by atoms with E-state index in [1.165, 1.54) is 31.2 Å². The van der Waals surface area contributed by atoms with E-state index in [1.54, 1.807) is 35.2 Å². The standard InChI is InChI=1S/C31H30N4O9S2.2Na/c1-19(36)35(22-10-6-3-7-11-22)23-14-12-21(13-15-23)33-34-29-27(46(42,43)44)18-24-26(45(39,40)41)17-16-25(28(24)30(29)37)32-31(38)20-8-4-2-5-9-20;;/h2,4-5,8-9,12-18,22,37H,3,6-7,10-11H2,1H3,(H,32,38)(H,39,40,41)(H,42,43,44);;/q;2*+1/p-2. The number of anilines is 2. The molecule has 0 atom stereocenters. The van der Waals surface area contributed by atoms with E-state index < -0.39 is 58.1 Å². The number of benzene rings is 4. The zero-order valence-electron chi connectivity index (χ0n) is 26.4. The molecule has 0 heterocycles. The summed E-state index contributed by atoms with van der Waals surface area (Å²) in [6.07, 6.45) is 4.89. The predicted molar refractivity (Wildman–Crippen MR) is 167 cm³/mol. The third-order valence-electron chi connectivity index (χ3n) is 7.67. The minimum atomic E-state index is -5.43. The number of rotatable bonds is 8. The van der Waals surface area contributed by atoms with Gasteiger partial charge in [-0.15, -0.1) is 5.11 Å². The van der Waals surface area contributed by atoms with Crippen LogP contribution in [0.3, 0.4) is 0 Å². The van der Waals surface area contributed by atoms with Gasteiger partial charge in [-0.05, 0) is 67.4 Å². The van der Waals surface area contributed by atoms with E-state index in [0.29, 0.717) is 11.8 Å². The Hall–Kier alpha value is -2.70. The van der Waals surface area contributed by atoms with E-state index in [1.807, 2.05) is 0 Å². The van der Waals surface area contributed by atoms with Gasteiger partial charge < -0.3 is 24.4 Å². The number of aromatic hydroxyl groups is 1. The van der Waals surface area contributed by atoms with Crippen molar-refractivity contribution in [3.05, 3.63) is 78.4 Å². The fraction of sp³-hybridized carbons (Fsp3) is 0.226. The van der Waals surface area contributed by atoms with Crippen LogP contribution in [-0.2, 0) is 25.0 Å². The van der Waals surface area contributed by atoms with Crippen molar-refractivity contribution in [2.75, 3.05) is 10.2 Å². The van der Waals surface area contributed by atoms with Gasteiger partial charge in [-0.3, -0.25) is 9.59 Å². The third-order valence-corrected chi connectivity index (χ3v) is 9.42. The Bertz CT molecular complexity index is 2070. The van der Waals surface area contributed by atoms with Gasteiger partial charge in [-0.2, -0.15) is 5.11 Å². The molecule has 13 nitrogen and oxygen atoms in total. The molecule has 1 aliphatic rings. The number of hydrogen-bond donors (Lipinski definition) is 2. The van der Waals surface area contributed by atoms with Gasteiger partial charge in [-0.25, -0.2) is 16.8 Å². The number of nitrogens with zero attached hydrogens (tertiary/aromatic N) is 3. The molecule has 4 aromatic carbocycles. The molecule has 4 aromatic rings. The minimum Gasteiger partial charge on any atom is -0.744 e. The maximum Gasteiger partial charge on any atom is 1.00 e. The Kier molecular flexibility index (Phi) is 13.5. The van der Waals surface area contributed by atoms with Gasteiger partial charge >= 0.3 is 59.1 Å². The summed E-state index contributed by atoms with van der Waals surface area (Å²) in [6.45, 7) is 1.48. The summed E-state index contributed by atoms with van der Waals surface area (Å²) in [5.74, 6) is -1.81. The first kappa shape index (κ1) is 39.7. The van der Waals surface area contributed by atoms with Gasteiger partial charge in [0, 0.05) is 29.6 Å². The van der Waals surface area contributed by atoms with Gasteiger partial charge in [0.25, 0.3) is 5.91 Å². The molecule has 1 saturated carbocycles. The number of phenolic OH excluding ortho intramolecular Hbond substituents is 1. The van der Waals surface area contributed by atoms with Crippen molar-refractivity contribution in [3.8, 4) is 5.75 Å². The summed E-state index contributed by atoms with van der Waals surface area (Å²) in [7, 11) is -10.7. The summed E-state index contributed by atoms with van der Waals surface area (Å²) in [5.41, 5.74) is -0.0474. The molecule has 5 rings (SSSR count). The van der Waals surface area contributed by atoms with E-state index >= 15 is 0 Å². The zero-order chi connectivity index (χ0) is 33.2. The van der Waals surface area contributed by atoms with E-state index in [4.69, 9.17) is 0 Å². The quantitative estimate of drug-likeness (QED) is 0.140. The van der Waals surface area contributed by atoms with Crippen LogP contribution in [-0.4, -0.2) is 48.9 Å². The fourth-order valence-electron chi connectivity index (χ4n) is 5.60. The first-order valence-electron chi connectivity index (χ1n) is 14.2. The molecule has 1 fully saturated rings. The minimum absolute atomic E-state index is 0. The average molecular weight is 711 g/mol. The van der Waals surface area contributed by atoms with Gasteiger partial charge in [0.05, 0.1) is 26.6 Å². The SMILES string of the molecule is CC(=O)N(c1ccc(N=Nc2c(S(=O)(=O)[O-])cc3c(S(=O)(=O)[O-])ccc(NC(=O)c4ccccc4)c3c2O)cc1)C1CCCCC1.[Na+].[Na+]. The first-order chi connectivity index (χ1) is 21.8. The van der Waals surface area contributed by atoms with Crippen LogP contribution in [0, 0.1) is 0 Å². The number of fused-ring (bicyclic) bond motifs is 1. The third kappa shape index (κ3) is 8.90. The average Bonchev–Trinajstić information content (AvgIpc) is 3.01. The van der Waals surface area contributed by atoms with Crippen LogP contribution in [0.2, 0.25) is 0 Å². The van der Waals surface area contributed by atoms with E-state index in [-0.39, 0.29) is 88.0 Å². The molecule has 240 valence electrons. The van der Waals surface area contributed by atoms with Crippen LogP contribution in [0.15, 0.2) is 92.8 Å². The van der Waals surface area contributed by atoms with Crippen molar-refractivity contribution < 1.29 is 99.8 Å². The molecule has 48 heavy (non-hydrogen) atoms. The second-order valence-corrected chi connectivity index (χ2v) is 13.4. The van der Waals surface area contributed by atoms with Crippen LogP contribution in [0.1, 0.15) is 49.4 Å². The predicted octanol–water partition coefficient (Wildman–Crippen LogP) is -0.285. The molecule has 0 bridgehead atoms. The summed E-state index contributed by atoms with van der Waals surface area (Å²) in [4.78, 5) is 25.0. The number of nitrogens with one attached hydrogen (secondary N) is 1. The Labute approximate surface area is 321 Å². The molecule has 0 aliphatic heterocycles. The number of amides is 2. The van der Waals surface area contributed by atoms with Gasteiger partial charge in [-0.1, -0.05) is 37.5 Å². The normalized spacial score (nSPS) is 13.8. The molecule has 0 saturated heterocycles. The Morgan fingerprint density at radius 2 is 1.44 bits per heavy atom. The Balaban J connectivity index is 0.00000312. The molecule has 1 aliphatic carbocycles. The maximum atomic E-state index is 12.9. The molecule has 0 aromatic heterocycles. The van der Waals surface area contributed by atoms with Crippen molar-refractivity contribution in [1.29, 1.82) is 0 Å². The zero-order valence-corrected chi connectivity index (χ0v) is 32.0. The molecular weight excluding hydrogens is 682 g/mol. The number of carbonyl (C=O) groups is 2. The topological polar surface area (TPSA) is 209 Å². The van der Waals surface area contributed by atoms with Gasteiger partial charge in [0.1, 0.15) is 25.9 Å². The van der Waals surface area contributed by atoms with E-state index in [0.717, 1.165) is 44.2 Å². The maximum absolute atomic E-state index is 12.9. The van der Waals surface area contributed by atoms with Crippen molar-refractivity contribution in [2.45, 2.75) is 54.9 Å². The first-order valence-corrected chi connectivity index (χ1v) is 17.0. The van der Waals surface area contributed by atoms with Crippen molar-refractivity contribution in [1.82, 2.24) is 0 Å². The number of phenols is 1. The number of carbonyl (C=O) groups excluding carboxylic acids is 2. The second kappa shape index (κ2) is 16.3. The van der Waals surface area contributed by atoms with Crippen molar-refractivity contribution in [2.24, 2.45) is 10.2 Å². The van der Waals surface area contributed by atoms with Crippen LogP contribution in [0.25, 0.3) is 10.8 Å². The molecule has 2 amide bonds. The Morgan fingerprint density at radius 1 is 0.833 bits per heavy atom. The molecular formula is C31H28N4Na2O9S2. The molecule has 0 unspecified atom stereocenters. The van der Waals surface area contributed by atoms with Crippen LogP contribution in [0.5, 0.6) is 5.75 Å². The summed E-state index contributed by atoms with van der Waals surface area (Å²) in [5, 5.41) is 20.5. The van der Waals surface area contributed by atoms with Crippen molar-refractivity contribution >= 4 is 65.6 Å². The monoisotopic (exact) mass is 710 g/mol. The van der Waals surface area contributed by atoms with Crippen LogP contribution < -0.4 is 69.3 Å². The smallest absolute Gasteiger partial charge is 0.744 e. The van der Waals surface area contributed by atoms with E-state index in [2.05, 4.69) is 15.5 Å². The van der Waals surface area contributed by atoms with Crippen LogP contribution >= 0.6 is 0 Å². The fourth-order valence-corrected chi connectivity index (χ4v) is 6.90. The molecule has 2 N–H and O–H groups in total. The molecule has 17 heteroatoms. The Morgan fingerprint density at radius 3 is 2.00 bits per heavy atom. The van der Waals surface area contributed by atoms with Crippen LogP contribution in [0.4, 0.5) is 22.7 Å².